The molecular weight excluding hydrogens is 258 g/mol. The standard InChI is InChI=1S/C16H24ClNO/c17-9-16(2-1-3-16)18-15(19)14-12-5-10-4-11(7-12)8-13(14)6-10/h10-14H,1-9H2,(H,18,19). The third-order valence-electron chi connectivity index (χ3n) is 6.48. The van der Waals surface area contributed by atoms with Gasteiger partial charge in [-0.2, -0.15) is 0 Å². The summed E-state index contributed by atoms with van der Waals surface area (Å²) in [5, 5.41) is 3.34. The van der Waals surface area contributed by atoms with Crippen molar-refractivity contribution in [2.45, 2.75) is 56.9 Å². The highest BCUT2D eigenvalue weighted by molar-refractivity contribution is 6.18. The second-order valence-electron chi connectivity index (χ2n) is 7.71. The number of halogens is 1. The molecule has 5 saturated carbocycles. The van der Waals surface area contributed by atoms with Crippen molar-refractivity contribution in [2.24, 2.45) is 29.6 Å². The molecule has 0 atom stereocenters. The molecule has 0 saturated heterocycles. The van der Waals surface area contributed by atoms with Crippen molar-refractivity contribution in [3.05, 3.63) is 0 Å². The van der Waals surface area contributed by atoms with E-state index in [1.165, 1.54) is 38.5 Å². The first kappa shape index (κ1) is 12.5. The van der Waals surface area contributed by atoms with Crippen molar-refractivity contribution in [3.63, 3.8) is 0 Å². The highest BCUT2D eigenvalue weighted by Gasteiger charge is 2.52. The van der Waals surface area contributed by atoms with Crippen LogP contribution in [0.25, 0.3) is 0 Å². The zero-order chi connectivity index (χ0) is 13.0. The zero-order valence-electron chi connectivity index (χ0n) is 11.5. The summed E-state index contributed by atoms with van der Waals surface area (Å²) in [6.45, 7) is 0. The van der Waals surface area contributed by atoms with E-state index >= 15 is 0 Å². The van der Waals surface area contributed by atoms with Crippen LogP contribution in [0.3, 0.4) is 0 Å². The van der Waals surface area contributed by atoms with E-state index in [2.05, 4.69) is 5.32 Å². The van der Waals surface area contributed by atoms with E-state index < -0.39 is 0 Å². The van der Waals surface area contributed by atoms with Crippen molar-refractivity contribution < 1.29 is 4.79 Å². The number of nitrogens with one attached hydrogen (secondary N) is 1. The molecule has 0 heterocycles. The molecule has 3 heteroatoms. The maximum Gasteiger partial charge on any atom is 0.224 e. The van der Waals surface area contributed by atoms with Gasteiger partial charge < -0.3 is 5.32 Å². The number of hydrogen-bond donors (Lipinski definition) is 1. The van der Waals surface area contributed by atoms with Gasteiger partial charge in [-0.15, -0.1) is 11.6 Å². The Balaban J connectivity index is 1.48. The largest absolute Gasteiger partial charge is 0.349 e. The van der Waals surface area contributed by atoms with Crippen LogP contribution in [-0.4, -0.2) is 17.3 Å². The summed E-state index contributed by atoms with van der Waals surface area (Å²) in [4.78, 5) is 12.7. The molecule has 0 aromatic rings. The average molecular weight is 282 g/mol. The fourth-order valence-corrected chi connectivity index (χ4v) is 5.93. The predicted octanol–water partition coefficient (Wildman–Crippen LogP) is 3.34. The van der Waals surface area contributed by atoms with Crippen molar-refractivity contribution in [1.29, 1.82) is 0 Å². The predicted molar refractivity (Wildman–Crippen MR) is 76.0 cm³/mol. The summed E-state index contributed by atoms with van der Waals surface area (Å²) in [5.74, 6) is 4.50. The lowest BCUT2D eigenvalue weighted by Gasteiger charge is -2.54. The second kappa shape index (κ2) is 4.38. The second-order valence-corrected chi connectivity index (χ2v) is 7.98. The molecule has 5 fully saturated rings. The monoisotopic (exact) mass is 281 g/mol. The molecule has 0 radical (unpaired) electrons. The Bertz CT molecular complexity index is 357. The highest BCUT2D eigenvalue weighted by Crippen LogP contribution is 2.56. The van der Waals surface area contributed by atoms with Gasteiger partial charge >= 0.3 is 0 Å². The third kappa shape index (κ3) is 1.93. The Morgan fingerprint density at radius 3 is 2.05 bits per heavy atom. The van der Waals surface area contributed by atoms with E-state index in [1.807, 2.05) is 0 Å². The van der Waals surface area contributed by atoms with Gasteiger partial charge in [0, 0.05) is 11.8 Å². The van der Waals surface area contributed by atoms with Crippen LogP contribution in [0.5, 0.6) is 0 Å². The molecule has 2 nitrogen and oxygen atoms in total. The number of alkyl halides is 1. The molecule has 1 amide bonds. The smallest absolute Gasteiger partial charge is 0.224 e. The van der Waals surface area contributed by atoms with Crippen LogP contribution in [0.4, 0.5) is 0 Å². The molecule has 19 heavy (non-hydrogen) atoms. The summed E-state index contributed by atoms with van der Waals surface area (Å²) >= 11 is 6.08. The number of carbonyl (C=O) groups is 1. The Morgan fingerprint density at radius 1 is 1.05 bits per heavy atom. The molecule has 0 aliphatic heterocycles. The summed E-state index contributed by atoms with van der Waals surface area (Å²) in [6.07, 6.45) is 10.1. The number of hydrogen-bond acceptors (Lipinski definition) is 1. The van der Waals surface area contributed by atoms with Gasteiger partial charge in [0.2, 0.25) is 5.91 Å². The van der Waals surface area contributed by atoms with Gasteiger partial charge in [0.25, 0.3) is 0 Å². The van der Waals surface area contributed by atoms with E-state index in [0.717, 1.165) is 24.7 Å². The van der Waals surface area contributed by atoms with Gasteiger partial charge in [0.1, 0.15) is 0 Å². The lowest BCUT2D eigenvalue weighted by molar-refractivity contribution is -0.140. The molecule has 1 N–H and O–H groups in total. The van der Waals surface area contributed by atoms with Crippen molar-refractivity contribution in [2.75, 3.05) is 5.88 Å². The Hall–Kier alpha value is -0.240. The van der Waals surface area contributed by atoms with E-state index in [0.29, 0.717) is 29.5 Å². The molecule has 5 rings (SSSR count). The van der Waals surface area contributed by atoms with Crippen LogP contribution in [0.2, 0.25) is 0 Å². The quantitative estimate of drug-likeness (QED) is 0.790. The Morgan fingerprint density at radius 2 is 1.63 bits per heavy atom. The summed E-state index contributed by atoms with van der Waals surface area (Å²) in [7, 11) is 0. The van der Waals surface area contributed by atoms with E-state index in [-0.39, 0.29) is 5.54 Å². The molecule has 4 bridgehead atoms. The van der Waals surface area contributed by atoms with Gasteiger partial charge in [0.15, 0.2) is 0 Å². The van der Waals surface area contributed by atoms with Crippen LogP contribution in [0.1, 0.15) is 51.4 Å². The van der Waals surface area contributed by atoms with Gasteiger partial charge in [-0.1, -0.05) is 0 Å². The van der Waals surface area contributed by atoms with E-state index in [1.54, 1.807) is 0 Å². The minimum atomic E-state index is -0.0483. The van der Waals surface area contributed by atoms with Gasteiger partial charge in [-0.25, -0.2) is 0 Å². The third-order valence-corrected chi connectivity index (χ3v) is 7.00. The van der Waals surface area contributed by atoms with Crippen molar-refractivity contribution in [1.82, 2.24) is 5.32 Å². The molecule has 106 valence electrons. The lowest BCUT2D eigenvalue weighted by atomic mass is 9.51. The lowest BCUT2D eigenvalue weighted by Crippen LogP contribution is -2.59. The molecule has 0 spiro atoms. The number of carbonyl (C=O) groups excluding carboxylic acids is 1. The summed E-state index contributed by atoms with van der Waals surface area (Å²) in [5.41, 5.74) is -0.0483. The Labute approximate surface area is 120 Å². The minimum absolute atomic E-state index is 0.0483. The van der Waals surface area contributed by atoms with Crippen molar-refractivity contribution in [3.8, 4) is 0 Å². The van der Waals surface area contributed by atoms with Crippen LogP contribution in [0.15, 0.2) is 0 Å². The number of amides is 1. The highest BCUT2D eigenvalue weighted by atomic mass is 35.5. The first-order chi connectivity index (χ1) is 9.19. The molecule has 5 aliphatic rings. The molecule has 5 aliphatic carbocycles. The van der Waals surface area contributed by atoms with Gasteiger partial charge in [0.05, 0.1) is 5.54 Å². The molecular formula is C16H24ClNO. The summed E-state index contributed by atoms with van der Waals surface area (Å²) in [6, 6.07) is 0. The first-order valence-electron chi connectivity index (χ1n) is 8.07. The van der Waals surface area contributed by atoms with E-state index in [9.17, 15) is 4.79 Å². The normalized spacial score (nSPS) is 45.8. The number of rotatable bonds is 3. The minimum Gasteiger partial charge on any atom is -0.349 e. The van der Waals surface area contributed by atoms with Gasteiger partial charge in [-0.3, -0.25) is 4.79 Å². The van der Waals surface area contributed by atoms with Crippen LogP contribution < -0.4 is 5.32 Å². The van der Waals surface area contributed by atoms with Crippen LogP contribution in [-0.2, 0) is 4.79 Å². The maximum absolute atomic E-state index is 12.7. The van der Waals surface area contributed by atoms with Gasteiger partial charge in [-0.05, 0) is 75.0 Å². The molecule has 0 aromatic heterocycles. The SMILES string of the molecule is O=C(NC1(CCl)CCC1)C1C2CC3CC(C2)CC1C3. The van der Waals surface area contributed by atoms with E-state index in [4.69, 9.17) is 11.6 Å². The topological polar surface area (TPSA) is 29.1 Å². The fraction of sp³-hybridized carbons (Fsp3) is 0.938. The Kier molecular flexibility index (Phi) is 2.88. The average Bonchev–Trinajstić information content (AvgIpc) is 2.32. The van der Waals surface area contributed by atoms with Crippen LogP contribution in [0, 0.1) is 29.6 Å². The van der Waals surface area contributed by atoms with Crippen molar-refractivity contribution >= 4 is 17.5 Å². The molecule has 0 aromatic carbocycles. The summed E-state index contributed by atoms with van der Waals surface area (Å²) < 4.78 is 0. The first-order valence-corrected chi connectivity index (χ1v) is 8.60. The van der Waals surface area contributed by atoms with Crippen LogP contribution >= 0.6 is 11.6 Å². The fourth-order valence-electron chi connectivity index (χ4n) is 5.59. The zero-order valence-corrected chi connectivity index (χ0v) is 12.3. The molecule has 0 unspecified atom stereocenters. The maximum atomic E-state index is 12.7.